The molecule has 0 atom stereocenters. The van der Waals surface area contributed by atoms with Gasteiger partial charge in [-0.3, -0.25) is 15.0 Å². The molecule has 3 rings (SSSR count). The Labute approximate surface area is 207 Å². The van der Waals surface area contributed by atoms with Crippen molar-refractivity contribution in [1.29, 1.82) is 0 Å². The second-order valence-corrected chi connectivity index (χ2v) is 58.4. The number of nitrogens with zero attached hydrogens (tertiary/aromatic N) is 3. The Kier molecular flexibility index (Phi) is 17.2. The Bertz CT molecular complexity index is 656. The summed E-state index contributed by atoms with van der Waals surface area (Å²) in [6, 6.07) is 18.0. The molecule has 3 aromatic heterocycles. The van der Waals surface area contributed by atoms with Crippen molar-refractivity contribution in [1.82, 2.24) is 15.0 Å². The van der Waals surface area contributed by atoms with Gasteiger partial charge in [-0.15, -0.1) is 0 Å². The van der Waals surface area contributed by atoms with Crippen molar-refractivity contribution in [3.05, 3.63) is 88.8 Å². The number of halogens is 3. The predicted molar refractivity (Wildman–Crippen MR) is 143 cm³/mol. The summed E-state index contributed by atoms with van der Waals surface area (Å²) in [6.45, 7) is 12.0. The van der Waals surface area contributed by atoms with E-state index in [0.717, 1.165) is 34.2 Å². The van der Waals surface area contributed by atoms with E-state index in [1.54, 1.807) is 0 Å². The van der Waals surface area contributed by atoms with Crippen LogP contribution in [0.3, 0.4) is 0 Å². The number of aromatic nitrogens is 3. The first-order valence-electron chi connectivity index (χ1n) is 8.45. The monoisotopic (exact) mass is 895 g/mol. The maximum atomic E-state index is 4.17. The summed E-state index contributed by atoms with van der Waals surface area (Å²) in [5, 5.41) is 0. The van der Waals surface area contributed by atoms with E-state index in [1.165, 1.54) is 0 Å². The van der Waals surface area contributed by atoms with Gasteiger partial charge in [-0.1, -0.05) is 18.2 Å². The van der Waals surface area contributed by atoms with Crippen LogP contribution in [-0.4, -0.2) is 15.0 Å². The minimum absolute atomic E-state index is 0.423. The van der Waals surface area contributed by atoms with E-state index in [-0.39, 0.29) is 0 Å². The van der Waals surface area contributed by atoms with Gasteiger partial charge in [0.05, 0.1) is 0 Å². The van der Waals surface area contributed by atoms with Crippen molar-refractivity contribution in [2.24, 2.45) is 0 Å². The van der Waals surface area contributed by atoms with E-state index < -0.39 is 5.75 Å². The topological polar surface area (TPSA) is 38.7 Å². The fourth-order valence-corrected chi connectivity index (χ4v) is 2.04. The van der Waals surface area contributed by atoms with E-state index in [2.05, 4.69) is 73.7 Å². The molecule has 0 N–H and O–H groups in total. The molecule has 0 aliphatic carbocycles. The minimum atomic E-state index is -0.423. The van der Waals surface area contributed by atoms with Crippen molar-refractivity contribution < 1.29 is 5.75 Å². The van der Waals surface area contributed by atoms with Gasteiger partial charge in [-0.2, -0.15) is 0 Å². The van der Waals surface area contributed by atoms with Crippen molar-refractivity contribution in [2.75, 3.05) is 0 Å². The molecule has 0 saturated heterocycles. The zero-order valence-corrected chi connectivity index (χ0v) is 25.9. The first kappa shape index (κ1) is 28.3. The van der Waals surface area contributed by atoms with Crippen LogP contribution in [0.1, 0.15) is 34.2 Å². The average Bonchev–Trinajstić information content (AvgIpc) is 2.54. The molecule has 3 nitrogen and oxygen atoms in total. The molecule has 0 aliphatic heterocycles. The Morgan fingerprint density at radius 1 is 0.464 bits per heavy atom. The van der Waals surface area contributed by atoms with E-state index in [4.69, 9.17) is 0 Å². The van der Waals surface area contributed by atoms with E-state index in [1.807, 2.05) is 96.1 Å². The third-order valence-corrected chi connectivity index (χ3v) is 3.08. The fourth-order valence-electron chi connectivity index (χ4n) is 2.04. The summed E-state index contributed by atoms with van der Waals surface area (Å²) in [7, 11) is 0. The number of hydrogen-bond donors (Lipinski definition) is 0. The molecule has 3 aromatic rings. The van der Waals surface area contributed by atoms with Crippen LogP contribution in [0.5, 0.6) is 0 Å². The Balaban J connectivity index is 0.000000358. The van der Waals surface area contributed by atoms with Crippen LogP contribution >= 0.6 is 58.8 Å². The van der Waals surface area contributed by atoms with Gasteiger partial charge in [-0.05, 0) is 77.9 Å². The fraction of sp³-hybridized carbons (Fsp3) is 0.286. The molecular formula is C21H27I3IrN3. The standard InChI is InChI=1S/3C7H9N.3HI.Ir/c3*1-6-4-3-5-7(2)8-6;;;;/h3*3-5H,1-2H3;3*1H;/q;;;;;;+3/p-3. The van der Waals surface area contributed by atoms with Crippen molar-refractivity contribution in [3.63, 3.8) is 0 Å². The van der Waals surface area contributed by atoms with Gasteiger partial charge in [0.25, 0.3) is 0 Å². The van der Waals surface area contributed by atoms with Crippen LogP contribution in [0.4, 0.5) is 0 Å². The normalized spacial score (nSPS) is 9.54. The molecular weight excluding hydrogens is 867 g/mol. The van der Waals surface area contributed by atoms with Crippen molar-refractivity contribution >= 4 is 58.8 Å². The molecule has 7 heteroatoms. The molecule has 0 aromatic carbocycles. The first-order valence-corrected chi connectivity index (χ1v) is 28.8. The Hall–Kier alpha value is 0.289. The SMILES string of the molecule is Cc1cccc(C)n1.Cc1cccc(C)n1.Cc1cccc(C)n1.[I][Ir]([I])[I]. The van der Waals surface area contributed by atoms with E-state index >= 15 is 0 Å². The first-order chi connectivity index (χ1) is 13.1. The van der Waals surface area contributed by atoms with Gasteiger partial charge in [0.15, 0.2) is 0 Å². The molecule has 0 saturated carbocycles. The molecule has 0 radical (unpaired) electrons. The van der Waals surface area contributed by atoms with Gasteiger partial charge in [0.2, 0.25) is 0 Å². The van der Waals surface area contributed by atoms with Crippen LogP contribution in [0.25, 0.3) is 0 Å². The molecule has 0 spiro atoms. The van der Waals surface area contributed by atoms with Gasteiger partial charge in [0, 0.05) is 34.2 Å². The molecule has 0 amide bonds. The summed E-state index contributed by atoms with van der Waals surface area (Å²) in [5.74, 6) is -0.423. The number of rotatable bonds is 0. The van der Waals surface area contributed by atoms with Crippen LogP contribution in [-0.2, 0) is 5.75 Å². The van der Waals surface area contributed by atoms with Crippen LogP contribution in [0, 0.1) is 41.5 Å². The molecule has 0 bridgehead atoms. The van der Waals surface area contributed by atoms with Gasteiger partial charge in [0.1, 0.15) is 0 Å². The zero-order valence-electron chi connectivity index (χ0n) is 17.0. The van der Waals surface area contributed by atoms with Crippen molar-refractivity contribution in [2.45, 2.75) is 41.5 Å². The maximum absolute atomic E-state index is 4.17. The summed E-state index contributed by atoms with van der Waals surface area (Å²) < 4.78 is 0. The predicted octanol–water partition coefficient (Wildman–Crippen LogP) is 7.75. The molecule has 0 aliphatic rings. The number of hydrogen-bond acceptors (Lipinski definition) is 3. The van der Waals surface area contributed by atoms with E-state index in [9.17, 15) is 0 Å². The molecule has 156 valence electrons. The summed E-state index contributed by atoms with van der Waals surface area (Å²) >= 11 is 7.45. The van der Waals surface area contributed by atoms with E-state index in [0.29, 0.717) is 0 Å². The molecule has 0 unspecified atom stereocenters. The third kappa shape index (κ3) is 18.3. The van der Waals surface area contributed by atoms with Gasteiger partial charge < -0.3 is 0 Å². The molecule has 3 heterocycles. The number of pyridine rings is 3. The quantitative estimate of drug-likeness (QED) is 0.217. The average molecular weight is 894 g/mol. The van der Waals surface area contributed by atoms with Crippen LogP contribution in [0.2, 0.25) is 0 Å². The second kappa shape index (κ2) is 17.0. The summed E-state index contributed by atoms with van der Waals surface area (Å²) in [5.41, 5.74) is 6.53. The zero-order chi connectivity index (χ0) is 21.5. The van der Waals surface area contributed by atoms with Gasteiger partial charge in [-0.25, -0.2) is 0 Å². The van der Waals surface area contributed by atoms with Crippen molar-refractivity contribution in [3.8, 4) is 0 Å². The van der Waals surface area contributed by atoms with Crippen LogP contribution in [0.15, 0.2) is 54.6 Å². The Morgan fingerprint density at radius 3 is 0.679 bits per heavy atom. The second-order valence-electron chi connectivity index (χ2n) is 5.90. The third-order valence-electron chi connectivity index (χ3n) is 3.08. The molecule has 28 heavy (non-hydrogen) atoms. The Morgan fingerprint density at radius 2 is 0.607 bits per heavy atom. The molecule has 0 fully saturated rings. The number of aryl methyl sites for hydroxylation is 6. The summed E-state index contributed by atoms with van der Waals surface area (Å²) in [6.07, 6.45) is 0. The van der Waals surface area contributed by atoms with Gasteiger partial charge >= 0.3 is 64.5 Å². The van der Waals surface area contributed by atoms with Crippen LogP contribution < -0.4 is 0 Å². The summed E-state index contributed by atoms with van der Waals surface area (Å²) in [4.78, 5) is 12.5.